The van der Waals surface area contributed by atoms with Gasteiger partial charge >= 0.3 is 0 Å². The highest BCUT2D eigenvalue weighted by Gasteiger charge is 2.34. The zero-order valence-corrected chi connectivity index (χ0v) is 43.3. The molecule has 10 rings (SSSR count). The summed E-state index contributed by atoms with van der Waals surface area (Å²) in [5, 5.41) is 6.45. The summed E-state index contributed by atoms with van der Waals surface area (Å²) in [6, 6.07) is 43.2. The lowest BCUT2D eigenvalue weighted by molar-refractivity contribution is -0.126. The molecule has 14 heteroatoms. The van der Waals surface area contributed by atoms with Crippen LogP contribution in [0.3, 0.4) is 0 Å². The number of nitrogens with zero attached hydrogens (tertiary/aromatic N) is 2. The Kier molecular flexibility index (Phi) is 17.0. The molecule has 0 spiro atoms. The van der Waals surface area contributed by atoms with Gasteiger partial charge in [0.1, 0.15) is 23.6 Å². The normalized spacial score (nSPS) is 22.6. The van der Waals surface area contributed by atoms with E-state index in [0.717, 1.165) is 22.3 Å². The van der Waals surface area contributed by atoms with Gasteiger partial charge in [-0.25, -0.2) is 0 Å². The van der Waals surface area contributed by atoms with Crippen molar-refractivity contribution in [2.24, 2.45) is 0 Å². The van der Waals surface area contributed by atoms with E-state index in [9.17, 15) is 19.2 Å². The molecule has 6 atom stereocenters. The van der Waals surface area contributed by atoms with Gasteiger partial charge in [-0.05, 0) is 97.5 Å². The van der Waals surface area contributed by atoms with Gasteiger partial charge in [0, 0.05) is 39.8 Å². The summed E-state index contributed by atoms with van der Waals surface area (Å²) < 4.78 is 34.4. The molecule has 0 saturated carbocycles. The average molecular weight is 1030 g/mol. The van der Waals surface area contributed by atoms with Crippen LogP contribution in [0, 0.1) is 0 Å². The van der Waals surface area contributed by atoms with E-state index in [0.29, 0.717) is 84.1 Å². The Hall–Kier alpha value is -8.52. The zero-order chi connectivity index (χ0) is 53.0. The molecule has 4 aliphatic heterocycles. The molecule has 4 amide bonds. The van der Waals surface area contributed by atoms with E-state index in [1.807, 2.05) is 135 Å². The minimum atomic E-state index is -0.737. The lowest BCUT2D eigenvalue weighted by Gasteiger charge is -2.30. The summed E-state index contributed by atoms with van der Waals surface area (Å²) >= 11 is 0. The fourth-order valence-electron chi connectivity index (χ4n) is 9.56. The molecule has 4 heterocycles. The lowest BCUT2D eigenvalue weighted by atomic mass is 9.99. The number of hydrogen-bond donors (Lipinski definition) is 2. The van der Waals surface area contributed by atoms with Crippen LogP contribution in [0.4, 0.5) is 0 Å². The topological polar surface area (TPSA) is 154 Å². The van der Waals surface area contributed by atoms with Crippen molar-refractivity contribution < 1.29 is 47.6 Å². The highest BCUT2D eigenvalue weighted by atomic mass is 16.7. The second-order valence-corrected chi connectivity index (χ2v) is 19.3. The molecule has 0 aliphatic carbocycles. The minimum Gasteiger partial charge on any atom is -0.490 e. The van der Waals surface area contributed by atoms with Gasteiger partial charge in [-0.2, -0.15) is 0 Å². The molecule has 0 radical (unpaired) electrons. The SMILES string of the molecule is C[C@@H]1C/C=C/C[C@@H](c2ccc3c(c2)OCO3)NC(=O)[C@H](Cc2ccccc2)N(C)C(=O)c2ccccc2O1.C[C@@H]1C/C=C\C[C@@H](c2ccc3c(c2)OCO3)NC(=O)[C@H](Cc2ccccc2)N(C)C(=O)c2ccccc2O1. The van der Waals surface area contributed by atoms with E-state index >= 15 is 0 Å². The summed E-state index contributed by atoms with van der Waals surface area (Å²) in [6.45, 7) is 4.33. The first-order valence-corrected chi connectivity index (χ1v) is 25.8. The quantitative estimate of drug-likeness (QED) is 0.154. The van der Waals surface area contributed by atoms with E-state index in [4.69, 9.17) is 28.4 Å². The molecular weight excluding hydrogens is 961 g/mol. The summed E-state index contributed by atoms with van der Waals surface area (Å²) in [6.07, 6.45) is 11.2. The van der Waals surface area contributed by atoms with Crippen molar-refractivity contribution in [3.05, 3.63) is 203 Å². The Labute approximate surface area is 444 Å². The van der Waals surface area contributed by atoms with Crippen LogP contribution in [-0.4, -0.2) is 85.4 Å². The van der Waals surface area contributed by atoms with E-state index in [1.54, 1.807) is 38.4 Å². The van der Waals surface area contributed by atoms with Gasteiger partial charge in [-0.15, -0.1) is 0 Å². The van der Waals surface area contributed by atoms with Crippen LogP contribution >= 0.6 is 0 Å². The van der Waals surface area contributed by atoms with Gasteiger partial charge in [0.25, 0.3) is 11.8 Å². The highest BCUT2D eigenvalue weighted by Crippen LogP contribution is 2.37. The number of likely N-dealkylation sites (N-methyl/N-ethyl adjacent to an activating group) is 2. The van der Waals surface area contributed by atoms with Gasteiger partial charge in [-0.3, -0.25) is 19.2 Å². The van der Waals surface area contributed by atoms with Crippen molar-refractivity contribution in [1.82, 2.24) is 20.4 Å². The Morgan fingerprint density at radius 3 is 1.22 bits per heavy atom. The number of carbonyl (C=O) groups is 4. The number of benzene rings is 6. The first kappa shape index (κ1) is 52.3. The number of ether oxygens (including phenoxy) is 6. The van der Waals surface area contributed by atoms with Crippen molar-refractivity contribution >= 4 is 23.6 Å². The molecular formula is C62H64N4O10. The molecule has 14 nitrogen and oxygen atoms in total. The highest BCUT2D eigenvalue weighted by molar-refractivity contribution is 6.00. The number of amides is 4. The first-order chi connectivity index (χ1) is 37.0. The van der Waals surface area contributed by atoms with E-state index < -0.39 is 12.1 Å². The largest absolute Gasteiger partial charge is 0.490 e. The Balaban J connectivity index is 0.000000186. The van der Waals surface area contributed by atoms with Crippen molar-refractivity contribution in [3.63, 3.8) is 0 Å². The summed E-state index contributed by atoms with van der Waals surface area (Å²) in [5.41, 5.74) is 4.60. The maximum absolute atomic E-state index is 13.9. The van der Waals surface area contributed by atoms with Gasteiger partial charge in [0.2, 0.25) is 25.4 Å². The molecule has 76 heavy (non-hydrogen) atoms. The van der Waals surface area contributed by atoms with Crippen LogP contribution in [0.2, 0.25) is 0 Å². The average Bonchev–Trinajstić information content (AvgIpc) is 4.13. The number of rotatable bonds is 6. The number of hydrogen-bond acceptors (Lipinski definition) is 10. The van der Waals surface area contributed by atoms with Crippen molar-refractivity contribution in [1.29, 1.82) is 0 Å². The van der Waals surface area contributed by atoms with Gasteiger partial charge < -0.3 is 48.9 Å². The van der Waals surface area contributed by atoms with Crippen LogP contribution < -0.4 is 39.1 Å². The molecule has 0 unspecified atom stereocenters. The number of nitrogens with one attached hydrogen (secondary N) is 2. The summed E-state index contributed by atoms with van der Waals surface area (Å²) in [5.74, 6) is 2.72. The smallest absolute Gasteiger partial charge is 0.258 e. The van der Waals surface area contributed by atoms with Gasteiger partial charge in [0.15, 0.2) is 23.0 Å². The van der Waals surface area contributed by atoms with Crippen molar-refractivity contribution in [2.45, 2.75) is 88.7 Å². The second kappa shape index (κ2) is 24.7. The molecule has 0 saturated heterocycles. The molecule has 0 fully saturated rings. The number of para-hydroxylation sites is 2. The van der Waals surface area contributed by atoms with Gasteiger partial charge in [-0.1, -0.05) is 121 Å². The predicted molar refractivity (Wildman–Crippen MR) is 289 cm³/mol. The van der Waals surface area contributed by atoms with Crippen LogP contribution in [0.15, 0.2) is 170 Å². The molecule has 4 aliphatic rings. The standard InChI is InChI=1S/2C31H32N2O5/c2*1-21-10-6-8-14-25(23-16-17-28-29(19-23)37-20-36-28)32-30(34)26(18-22-11-4-3-5-12-22)33(2)31(35)24-13-7-9-15-27(24)38-21/h2*3-9,11-13,15-17,19,21,25-26H,10,14,18,20H2,1-2H3,(H,32,34)/b8-6+;8-6-/t2*21-,25+,26+/m11/s1. The van der Waals surface area contributed by atoms with E-state index in [-0.39, 0.29) is 61.5 Å². The van der Waals surface area contributed by atoms with Crippen LogP contribution in [-0.2, 0) is 22.4 Å². The fourth-order valence-corrected chi connectivity index (χ4v) is 9.56. The Morgan fingerprint density at radius 2 is 0.803 bits per heavy atom. The third-order valence-electron chi connectivity index (χ3n) is 13.9. The maximum atomic E-state index is 13.9. The van der Waals surface area contributed by atoms with Crippen LogP contribution in [0.25, 0.3) is 0 Å². The number of carbonyl (C=O) groups excluding carboxylic acids is 4. The Morgan fingerprint density at radius 1 is 0.434 bits per heavy atom. The second-order valence-electron chi connectivity index (χ2n) is 19.3. The Bertz CT molecular complexity index is 2850. The van der Waals surface area contributed by atoms with Gasteiger partial charge in [0.05, 0.1) is 35.4 Å². The molecule has 6 aromatic rings. The minimum absolute atomic E-state index is 0.132. The third kappa shape index (κ3) is 12.9. The first-order valence-electron chi connectivity index (χ1n) is 25.8. The molecule has 0 aromatic heterocycles. The fraction of sp³-hybridized carbons (Fsp3) is 0.290. The van der Waals surface area contributed by atoms with E-state index in [1.165, 1.54) is 9.80 Å². The maximum Gasteiger partial charge on any atom is 0.258 e. The zero-order valence-electron chi connectivity index (χ0n) is 43.3. The molecule has 2 N–H and O–H groups in total. The predicted octanol–water partition coefficient (Wildman–Crippen LogP) is 10.1. The third-order valence-corrected chi connectivity index (χ3v) is 13.9. The monoisotopic (exact) mass is 1020 g/mol. The molecule has 392 valence electrons. The van der Waals surface area contributed by atoms with Crippen molar-refractivity contribution in [2.75, 3.05) is 27.7 Å². The van der Waals surface area contributed by atoms with Crippen LogP contribution in [0.1, 0.15) is 94.6 Å². The summed E-state index contributed by atoms with van der Waals surface area (Å²) in [7, 11) is 3.36. The van der Waals surface area contributed by atoms with Crippen molar-refractivity contribution in [3.8, 4) is 34.5 Å². The van der Waals surface area contributed by atoms with E-state index in [2.05, 4.69) is 34.9 Å². The molecule has 0 bridgehead atoms. The molecule has 6 aromatic carbocycles. The number of fused-ring (bicyclic) bond motifs is 4. The summed E-state index contributed by atoms with van der Waals surface area (Å²) in [4.78, 5) is 58.4. The van der Waals surface area contributed by atoms with Crippen LogP contribution in [0.5, 0.6) is 34.5 Å². The lowest BCUT2D eigenvalue weighted by Crippen LogP contribution is -2.49.